The number of nitrogens with zero attached hydrogens (tertiary/aromatic N) is 5. The smallest absolute Gasteiger partial charge is 0.262 e. The molecule has 2 aliphatic rings. The number of aromatic nitrogens is 4. The van der Waals surface area contributed by atoms with Crippen molar-refractivity contribution in [3.8, 4) is 0 Å². The van der Waals surface area contributed by atoms with E-state index in [1.165, 1.54) is 6.33 Å². The summed E-state index contributed by atoms with van der Waals surface area (Å²) in [6, 6.07) is 0.292. The van der Waals surface area contributed by atoms with Crippen LogP contribution in [0, 0.1) is 6.92 Å². The van der Waals surface area contributed by atoms with Crippen molar-refractivity contribution in [2.75, 3.05) is 26.3 Å². The summed E-state index contributed by atoms with van der Waals surface area (Å²) < 4.78 is 36.6. The zero-order valence-electron chi connectivity index (χ0n) is 15.9. The predicted molar refractivity (Wildman–Crippen MR) is 100.0 cm³/mol. The molecule has 4 rings (SSSR count). The molecule has 2 saturated heterocycles. The normalized spacial score (nSPS) is 21.0. The number of hydrogen-bond donors (Lipinski definition) is 0. The Morgan fingerprint density at radius 3 is 2.44 bits per heavy atom. The Kier molecular flexibility index (Phi) is 5.09. The van der Waals surface area contributed by atoms with Crippen LogP contribution in [-0.2, 0) is 21.8 Å². The van der Waals surface area contributed by atoms with Crippen LogP contribution in [0.1, 0.15) is 49.2 Å². The maximum Gasteiger partial charge on any atom is 0.262 e. The van der Waals surface area contributed by atoms with Crippen molar-refractivity contribution in [1.82, 2.24) is 23.4 Å². The van der Waals surface area contributed by atoms with Crippen LogP contribution in [0.15, 0.2) is 23.7 Å². The van der Waals surface area contributed by atoms with Crippen LogP contribution in [0.25, 0.3) is 0 Å². The molecule has 0 radical (unpaired) electrons. The first kappa shape index (κ1) is 18.6. The van der Waals surface area contributed by atoms with E-state index in [4.69, 9.17) is 9.72 Å². The fraction of sp³-hybridized carbons (Fsp3) is 0.667. The minimum atomic E-state index is -3.51. The maximum absolute atomic E-state index is 12.8. The largest absolute Gasteiger partial charge is 0.381 e. The zero-order valence-corrected chi connectivity index (χ0v) is 16.7. The third kappa shape index (κ3) is 3.55. The molecule has 8 nitrogen and oxygen atoms in total. The molecule has 0 spiro atoms. The lowest BCUT2D eigenvalue weighted by atomic mass is 9.98. The number of piperidine rings is 1. The Hall–Kier alpha value is -1.71. The van der Waals surface area contributed by atoms with Crippen LogP contribution in [0.4, 0.5) is 0 Å². The van der Waals surface area contributed by atoms with Crippen LogP contribution < -0.4 is 0 Å². The molecule has 0 aliphatic carbocycles. The highest BCUT2D eigenvalue weighted by atomic mass is 32.2. The second-order valence-corrected chi connectivity index (χ2v) is 9.41. The van der Waals surface area contributed by atoms with Gasteiger partial charge in [-0.15, -0.1) is 0 Å². The van der Waals surface area contributed by atoms with Gasteiger partial charge in [0.2, 0.25) is 0 Å². The fourth-order valence-corrected chi connectivity index (χ4v) is 5.63. The van der Waals surface area contributed by atoms with Crippen LogP contribution in [0.2, 0.25) is 0 Å². The van der Waals surface area contributed by atoms with Gasteiger partial charge in [0.15, 0.2) is 5.03 Å². The van der Waals surface area contributed by atoms with Gasteiger partial charge in [0.05, 0.1) is 6.33 Å². The third-order valence-electron chi connectivity index (χ3n) is 5.67. The highest BCUT2D eigenvalue weighted by molar-refractivity contribution is 7.89. The molecule has 2 fully saturated rings. The molecule has 2 aromatic rings. The zero-order chi connectivity index (χ0) is 19.0. The van der Waals surface area contributed by atoms with Crippen molar-refractivity contribution in [1.29, 1.82) is 0 Å². The minimum Gasteiger partial charge on any atom is -0.381 e. The monoisotopic (exact) mass is 393 g/mol. The molecule has 0 bridgehead atoms. The number of sulfonamides is 1. The van der Waals surface area contributed by atoms with E-state index in [-0.39, 0.29) is 5.03 Å². The molecule has 27 heavy (non-hydrogen) atoms. The van der Waals surface area contributed by atoms with Crippen molar-refractivity contribution in [2.45, 2.75) is 49.6 Å². The predicted octanol–water partition coefficient (Wildman–Crippen LogP) is 1.84. The van der Waals surface area contributed by atoms with Gasteiger partial charge < -0.3 is 13.9 Å². The molecular formula is C18H27N5O3S. The average molecular weight is 394 g/mol. The van der Waals surface area contributed by atoms with Crippen molar-refractivity contribution in [2.24, 2.45) is 7.05 Å². The highest BCUT2D eigenvalue weighted by Gasteiger charge is 2.33. The molecule has 0 N–H and O–H groups in total. The van der Waals surface area contributed by atoms with E-state index in [9.17, 15) is 8.42 Å². The molecule has 9 heteroatoms. The molecule has 0 saturated carbocycles. The Labute approximate surface area is 160 Å². The van der Waals surface area contributed by atoms with E-state index in [1.807, 2.05) is 6.20 Å². The fourth-order valence-electron chi connectivity index (χ4n) is 4.19. The lowest BCUT2D eigenvalue weighted by Gasteiger charge is -2.34. The molecule has 0 unspecified atom stereocenters. The summed E-state index contributed by atoms with van der Waals surface area (Å²) in [5, 5.41) is 0.130. The van der Waals surface area contributed by atoms with Gasteiger partial charge in [-0.2, -0.15) is 4.31 Å². The van der Waals surface area contributed by atoms with Gasteiger partial charge in [-0.3, -0.25) is 0 Å². The van der Waals surface area contributed by atoms with Crippen molar-refractivity contribution >= 4 is 10.0 Å². The summed E-state index contributed by atoms with van der Waals surface area (Å²) in [6.07, 6.45) is 8.62. The first-order valence-electron chi connectivity index (χ1n) is 9.56. The van der Waals surface area contributed by atoms with E-state index < -0.39 is 10.0 Å². The number of imidazole rings is 2. The molecule has 148 valence electrons. The van der Waals surface area contributed by atoms with Crippen molar-refractivity contribution in [3.05, 3.63) is 30.2 Å². The number of rotatable bonds is 4. The van der Waals surface area contributed by atoms with Crippen molar-refractivity contribution in [3.63, 3.8) is 0 Å². The Balaban J connectivity index is 1.49. The van der Waals surface area contributed by atoms with E-state index in [0.717, 1.165) is 50.4 Å². The summed E-state index contributed by atoms with van der Waals surface area (Å²) in [5.74, 6) is 1.57. The lowest BCUT2D eigenvalue weighted by molar-refractivity contribution is 0.0820. The van der Waals surface area contributed by atoms with Gasteiger partial charge in [-0.05, 0) is 32.6 Å². The summed E-state index contributed by atoms with van der Waals surface area (Å²) in [7, 11) is -1.74. The molecular weight excluding hydrogens is 366 g/mol. The minimum absolute atomic E-state index is 0.130. The Morgan fingerprint density at radius 2 is 1.81 bits per heavy atom. The first-order chi connectivity index (χ1) is 13.0. The second kappa shape index (κ2) is 7.37. The second-order valence-electron chi connectivity index (χ2n) is 7.53. The molecule has 0 aromatic carbocycles. The van der Waals surface area contributed by atoms with Gasteiger partial charge >= 0.3 is 0 Å². The van der Waals surface area contributed by atoms with Crippen LogP contribution in [0.3, 0.4) is 0 Å². The van der Waals surface area contributed by atoms with Crippen LogP contribution in [-0.4, -0.2) is 58.1 Å². The Morgan fingerprint density at radius 1 is 1.11 bits per heavy atom. The highest BCUT2D eigenvalue weighted by Crippen LogP contribution is 2.33. The summed E-state index contributed by atoms with van der Waals surface area (Å²) >= 11 is 0. The SMILES string of the molecule is Cc1cnc(C2CCOCC2)n1C1CCN(S(=O)(=O)c2cn(C)cn2)CC1. The number of aryl methyl sites for hydroxylation is 2. The first-order valence-corrected chi connectivity index (χ1v) is 11.0. The molecule has 4 heterocycles. The van der Waals surface area contributed by atoms with Crippen LogP contribution in [0.5, 0.6) is 0 Å². The number of hydrogen-bond acceptors (Lipinski definition) is 5. The quantitative estimate of drug-likeness (QED) is 0.792. The van der Waals surface area contributed by atoms with Gasteiger partial charge in [0.25, 0.3) is 10.0 Å². The summed E-state index contributed by atoms with van der Waals surface area (Å²) in [4.78, 5) is 8.72. The third-order valence-corrected chi connectivity index (χ3v) is 7.46. The van der Waals surface area contributed by atoms with E-state index in [1.54, 1.807) is 22.1 Å². The Bertz CT molecular complexity index is 890. The van der Waals surface area contributed by atoms with Crippen molar-refractivity contribution < 1.29 is 13.2 Å². The maximum atomic E-state index is 12.8. The van der Waals surface area contributed by atoms with Gasteiger partial charge in [-0.1, -0.05) is 0 Å². The van der Waals surface area contributed by atoms with E-state index in [2.05, 4.69) is 16.5 Å². The van der Waals surface area contributed by atoms with Gasteiger partial charge in [-0.25, -0.2) is 18.4 Å². The van der Waals surface area contributed by atoms with Crippen LogP contribution >= 0.6 is 0 Å². The number of ether oxygens (including phenoxy) is 1. The lowest BCUT2D eigenvalue weighted by Crippen LogP contribution is -2.39. The average Bonchev–Trinajstić information content (AvgIpc) is 3.29. The molecule has 0 atom stereocenters. The molecule has 2 aliphatic heterocycles. The summed E-state index contributed by atoms with van der Waals surface area (Å²) in [6.45, 7) is 4.68. The van der Waals surface area contributed by atoms with Gasteiger partial charge in [0, 0.05) is 63.4 Å². The topological polar surface area (TPSA) is 82.3 Å². The molecule has 0 amide bonds. The van der Waals surface area contributed by atoms with E-state index >= 15 is 0 Å². The standard InChI is InChI=1S/C18H27N5O3S/c1-14-11-19-18(15-5-9-26-10-6-15)23(14)16-3-7-22(8-4-16)27(24,25)17-12-21(2)13-20-17/h11-13,15-16H,3-10H2,1-2H3. The summed E-state index contributed by atoms with van der Waals surface area (Å²) in [5.41, 5.74) is 1.16. The van der Waals surface area contributed by atoms with Gasteiger partial charge in [0.1, 0.15) is 5.82 Å². The molecule has 2 aromatic heterocycles. The van der Waals surface area contributed by atoms with E-state index in [0.29, 0.717) is 25.0 Å².